The zero-order chi connectivity index (χ0) is 15.5. The van der Waals surface area contributed by atoms with Gasteiger partial charge in [-0.3, -0.25) is 0 Å². The highest BCUT2D eigenvalue weighted by Crippen LogP contribution is 2.33. The van der Waals surface area contributed by atoms with Crippen molar-refractivity contribution in [3.8, 4) is 0 Å². The van der Waals surface area contributed by atoms with Gasteiger partial charge in [-0.1, -0.05) is 58.0 Å². The maximum Gasteiger partial charge on any atom is 0.0937 e. The number of hydrogen-bond acceptors (Lipinski definition) is 3. The molecule has 1 heterocycles. The van der Waals surface area contributed by atoms with Gasteiger partial charge in [0.15, 0.2) is 0 Å². The van der Waals surface area contributed by atoms with Gasteiger partial charge in [-0.2, -0.15) is 0 Å². The van der Waals surface area contributed by atoms with Gasteiger partial charge in [0.05, 0.1) is 10.7 Å². The Kier molecular flexibility index (Phi) is 4.84. The summed E-state index contributed by atoms with van der Waals surface area (Å²) < 4.78 is 0. The second kappa shape index (κ2) is 6.29. The number of thiazole rings is 1. The Hall–Kier alpha value is -1.19. The zero-order valence-electron chi connectivity index (χ0n) is 13.5. The van der Waals surface area contributed by atoms with E-state index in [2.05, 4.69) is 63.4 Å². The van der Waals surface area contributed by atoms with E-state index in [1.54, 1.807) is 11.3 Å². The van der Waals surface area contributed by atoms with Gasteiger partial charge in [-0.05, 0) is 12.0 Å². The quantitative estimate of drug-likeness (QED) is 0.895. The van der Waals surface area contributed by atoms with Crippen LogP contribution in [-0.4, -0.2) is 11.5 Å². The second-order valence-corrected chi connectivity index (χ2v) is 7.70. The van der Waals surface area contributed by atoms with Gasteiger partial charge in [0.1, 0.15) is 0 Å². The molecular weight excluding hydrogens is 276 g/mol. The summed E-state index contributed by atoms with van der Waals surface area (Å²) in [6.45, 7) is 9.49. The zero-order valence-corrected chi connectivity index (χ0v) is 14.3. The van der Waals surface area contributed by atoms with Crippen LogP contribution in [0.4, 0.5) is 0 Å². The fourth-order valence-corrected chi connectivity index (χ4v) is 3.75. The third-order valence-corrected chi connectivity index (χ3v) is 5.11. The summed E-state index contributed by atoms with van der Waals surface area (Å²) in [7, 11) is 0. The summed E-state index contributed by atoms with van der Waals surface area (Å²) in [6, 6.07) is 10.6. The number of nitrogens with two attached hydrogens (primary N) is 1. The van der Waals surface area contributed by atoms with E-state index in [0.29, 0.717) is 6.54 Å². The smallest absolute Gasteiger partial charge is 0.0937 e. The summed E-state index contributed by atoms with van der Waals surface area (Å²) in [5.41, 5.74) is 8.77. The van der Waals surface area contributed by atoms with Crippen molar-refractivity contribution in [3.05, 3.63) is 52.0 Å². The summed E-state index contributed by atoms with van der Waals surface area (Å²) >= 11 is 1.76. The predicted molar refractivity (Wildman–Crippen MR) is 92.0 cm³/mol. The van der Waals surface area contributed by atoms with E-state index in [0.717, 1.165) is 12.8 Å². The summed E-state index contributed by atoms with van der Waals surface area (Å²) in [5, 5.41) is 3.38. The number of nitrogens with zero attached hydrogens (tertiary/aromatic N) is 1. The van der Waals surface area contributed by atoms with Crippen molar-refractivity contribution in [2.75, 3.05) is 6.54 Å². The van der Waals surface area contributed by atoms with Crippen molar-refractivity contribution in [1.82, 2.24) is 4.98 Å². The average molecular weight is 302 g/mol. The molecule has 2 N–H and O–H groups in total. The van der Waals surface area contributed by atoms with Gasteiger partial charge < -0.3 is 5.73 Å². The summed E-state index contributed by atoms with van der Waals surface area (Å²) in [5.74, 6) is 0. The second-order valence-electron chi connectivity index (χ2n) is 6.76. The van der Waals surface area contributed by atoms with Crippen molar-refractivity contribution in [1.29, 1.82) is 0 Å². The molecule has 0 saturated heterocycles. The van der Waals surface area contributed by atoms with Gasteiger partial charge in [0.2, 0.25) is 0 Å². The number of benzene rings is 1. The number of hydrogen-bond donors (Lipinski definition) is 1. The molecule has 0 fully saturated rings. The molecule has 0 bridgehead atoms. The summed E-state index contributed by atoms with van der Waals surface area (Å²) in [4.78, 5) is 4.85. The van der Waals surface area contributed by atoms with Crippen molar-refractivity contribution < 1.29 is 0 Å². The van der Waals surface area contributed by atoms with Gasteiger partial charge in [0.25, 0.3) is 0 Å². The minimum atomic E-state index is -0.00569. The van der Waals surface area contributed by atoms with Gasteiger partial charge in [-0.25, -0.2) is 4.98 Å². The monoisotopic (exact) mass is 302 g/mol. The van der Waals surface area contributed by atoms with E-state index >= 15 is 0 Å². The Labute approximate surface area is 132 Å². The Balaban J connectivity index is 2.31. The van der Waals surface area contributed by atoms with Crippen LogP contribution in [0, 0.1) is 0 Å². The molecule has 0 aliphatic rings. The third kappa shape index (κ3) is 3.53. The van der Waals surface area contributed by atoms with Crippen molar-refractivity contribution >= 4 is 11.3 Å². The first kappa shape index (κ1) is 16.2. The van der Waals surface area contributed by atoms with Crippen LogP contribution in [0.3, 0.4) is 0 Å². The molecule has 1 aromatic carbocycles. The van der Waals surface area contributed by atoms with Crippen LogP contribution in [0.2, 0.25) is 0 Å². The molecule has 3 heteroatoms. The highest BCUT2D eigenvalue weighted by molar-refractivity contribution is 7.09. The first-order valence-electron chi connectivity index (χ1n) is 7.62. The van der Waals surface area contributed by atoms with Crippen molar-refractivity contribution in [3.63, 3.8) is 0 Å². The normalized spacial score (nSPS) is 14.9. The van der Waals surface area contributed by atoms with Crippen molar-refractivity contribution in [2.24, 2.45) is 5.73 Å². The molecule has 0 radical (unpaired) electrons. The van der Waals surface area contributed by atoms with Crippen LogP contribution in [0.15, 0.2) is 35.7 Å². The Bertz CT molecular complexity index is 562. The molecule has 0 spiro atoms. The lowest BCUT2D eigenvalue weighted by Crippen LogP contribution is -2.36. The maximum atomic E-state index is 6.17. The van der Waals surface area contributed by atoms with E-state index in [4.69, 9.17) is 10.7 Å². The van der Waals surface area contributed by atoms with Crippen LogP contribution >= 0.6 is 11.3 Å². The molecule has 0 aliphatic heterocycles. The maximum absolute atomic E-state index is 6.17. The molecule has 2 rings (SSSR count). The predicted octanol–water partition coefficient (Wildman–Crippen LogP) is 4.29. The molecule has 0 amide bonds. The Morgan fingerprint density at radius 1 is 1.14 bits per heavy atom. The largest absolute Gasteiger partial charge is 0.330 e. The molecule has 114 valence electrons. The molecule has 0 aliphatic carbocycles. The van der Waals surface area contributed by atoms with Crippen molar-refractivity contribution in [2.45, 2.75) is 51.4 Å². The molecule has 0 saturated carbocycles. The molecule has 1 atom stereocenters. The lowest BCUT2D eigenvalue weighted by atomic mass is 9.75. The third-order valence-electron chi connectivity index (χ3n) is 4.26. The number of rotatable bonds is 5. The highest BCUT2D eigenvalue weighted by Gasteiger charge is 2.31. The van der Waals surface area contributed by atoms with Gasteiger partial charge in [-0.15, -0.1) is 11.3 Å². The van der Waals surface area contributed by atoms with Crippen LogP contribution in [0.1, 0.15) is 50.4 Å². The van der Waals surface area contributed by atoms with Crippen LogP contribution in [-0.2, 0) is 17.3 Å². The molecule has 2 nitrogen and oxygen atoms in total. The van der Waals surface area contributed by atoms with Crippen LogP contribution in [0.25, 0.3) is 0 Å². The van der Waals surface area contributed by atoms with Crippen LogP contribution < -0.4 is 5.73 Å². The van der Waals surface area contributed by atoms with E-state index in [1.807, 2.05) is 0 Å². The fourth-order valence-electron chi connectivity index (χ4n) is 2.58. The molecule has 1 unspecified atom stereocenters. The lowest BCUT2D eigenvalue weighted by Gasteiger charge is -2.31. The van der Waals surface area contributed by atoms with Gasteiger partial charge >= 0.3 is 0 Å². The van der Waals surface area contributed by atoms with E-state index in [-0.39, 0.29) is 10.8 Å². The Morgan fingerprint density at radius 3 is 2.29 bits per heavy atom. The average Bonchev–Trinajstić information content (AvgIpc) is 2.94. The fraction of sp³-hybridized carbons (Fsp3) is 0.500. The number of aromatic nitrogens is 1. The van der Waals surface area contributed by atoms with Crippen LogP contribution in [0.5, 0.6) is 0 Å². The SMILES string of the molecule is CCC(CN)(Cc1nc(C(C)(C)C)cs1)c1ccccc1. The summed E-state index contributed by atoms with van der Waals surface area (Å²) in [6.07, 6.45) is 1.95. The minimum absolute atomic E-state index is 0.00569. The first-order chi connectivity index (χ1) is 9.91. The molecule has 2 aromatic rings. The highest BCUT2D eigenvalue weighted by atomic mass is 32.1. The Morgan fingerprint density at radius 2 is 1.81 bits per heavy atom. The van der Waals surface area contributed by atoms with E-state index < -0.39 is 0 Å². The first-order valence-corrected chi connectivity index (χ1v) is 8.50. The molecule has 1 aromatic heterocycles. The minimum Gasteiger partial charge on any atom is -0.330 e. The lowest BCUT2D eigenvalue weighted by molar-refractivity contribution is 0.416. The topological polar surface area (TPSA) is 38.9 Å². The standard InChI is InChI=1S/C18H26N2S/c1-5-18(13-19,14-9-7-6-8-10-14)11-16-20-15(12-21-16)17(2,3)4/h6-10,12H,5,11,13,19H2,1-4H3. The molecular formula is C18H26N2S. The van der Waals surface area contributed by atoms with Gasteiger partial charge in [0, 0.05) is 29.2 Å². The molecule has 21 heavy (non-hydrogen) atoms. The van der Waals surface area contributed by atoms with E-state index in [9.17, 15) is 0 Å². The van der Waals surface area contributed by atoms with E-state index in [1.165, 1.54) is 16.3 Å².